The minimum Gasteiger partial charge on any atom is -0.497 e. The molecule has 1 aliphatic heterocycles. The van der Waals surface area contributed by atoms with Crippen LogP contribution in [0.2, 0.25) is 0 Å². The third-order valence-electron chi connectivity index (χ3n) is 7.37. The smallest absolute Gasteiger partial charge is 0.252 e. The van der Waals surface area contributed by atoms with Crippen molar-refractivity contribution in [3.63, 3.8) is 0 Å². The topological polar surface area (TPSA) is 98.2 Å². The third-order valence-corrected chi connectivity index (χ3v) is 7.37. The molecule has 0 bridgehead atoms. The van der Waals surface area contributed by atoms with Crippen molar-refractivity contribution in [2.75, 3.05) is 13.7 Å². The monoisotopic (exact) mass is 516 g/mol. The van der Waals surface area contributed by atoms with Gasteiger partial charge in [0.25, 0.3) is 5.56 Å². The molecule has 2 atom stereocenters. The zero-order chi connectivity index (χ0) is 26.6. The molecule has 9 nitrogen and oxygen atoms in total. The molecule has 0 saturated carbocycles. The molecule has 1 aliphatic rings. The Morgan fingerprint density at radius 2 is 2.00 bits per heavy atom. The lowest BCUT2D eigenvalue weighted by molar-refractivity contribution is 0.0888. The summed E-state index contributed by atoms with van der Waals surface area (Å²) in [5.74, 6) is 1.60. The van der Waals surface area contributed by atoms with E-state index in [-0.39, 0.29) is 17.7 Å². The quantitative estimate of drug-likeness (QED) is 0.332. The summed E-state index contributed by atoms with van der Waals surface area (Å²) in [5.41, 5.74) is 4.89. The summed E-state index contributed by atoms with van der Waals surface area (Å²) in [6.07, 6.45) is 2.98. The van der Waals surface area contributed by atoms with E-state index < -0.39 is 0 Å². The Bertz CT molecular complexity index is 1440. The van der Waals surface area contributed by atoms with Crippen LogP contribution in [0.1, 0.15) is 60.3 Å². The van der Waals surface area contributed by atoms with Crippen LogP contribution in [-0.2, 0) is 24.4 Å². The van der Waals surface area contributed by atoms with Crippen LogP contribution in [0.3, 0.4) is 0 Å². The number of pyridine rings is 1. The molecule has 2 aromatic heterocycles. The summed E-state index contributed by atoms with van der Waals surface area (Å²) >= 11 is 0. The summed E-state index contributed by atoms with van der Waals surface area (Å²) in [4.78, 5) is 18.7. The first kappa shape index (κ1) is 26.1. The van der Waals surface area contributed by atoms with Gasteiger partial charge in [-0.15, -0.1) is 5.10 Å². The largest absolute Gasteiger partial charge is 0.497 e. The van der Waals surface area contributed by atoms with Crippen LogP contribution in [0, 0.1) is 13.8 Å². The lowest BCUT2D eigenvalue weighted by Crippen LogP contribution is -2.33. The van der Waals surface area contributed by atoms with Crippen molar-refractivity contribution in [2.24, 2.45) is 0 Å². The van der Waals surface area contributed by atoms with Gasteiger partial charge in [0.15, 0.2) is 5.82 Å². The predicted octanol–water partition coefficient (Wildman–Crippen LogP) is 4.47. The number of nitrogens with zero attached hydrogens (tertiary/aromatic N) is 5. The van der Waals surface area contributed by atoms with Gasteiger partial charge >= 0.3 is 0 Å². The molecule has 0 spiro atoms. The second-order valence-corrected chi connectivity index (χ2v) is 10.2. The van der Waals surface area contributed by atoms with Crippen LogP contribution in [0.25, 0.3) is 10.9 Å². The first-order valence-corrected chi connectivity index (χ1v) is 13.3. The normalized spacial score (nSPS) is 16.4. The van der Waals surface area contributed by atoms with Crippen molar-refractivity contribution in [3.8, 4) is 5.75 Å². The number of nitrogens with one attached hydrogen (secondary N) is 1. The SMILES string of the molecule is CC[C@H](c1nnnn1C[C@H]1CCCO1)N(Cc1ccc(OC)cc1)Cc1cc2cc(C)cc(C)c2[nH]c1=O. The minimum atomic E-state index is -0.0946. The van der Waals surface area contributed by atoms with Gasteiger partial charge in [-0.1, -0.05) is 30.7 Å². The van der Waals surface area contributed by atoms with Gasteiger partial charge in [-0.25, -0.2) is 4.68 Å². The number of hydrogen-bond donors (Lipinski definition) is 1. The van der Waals surface area contributed by atoms with E-state index in [1.165, 1.54) is 5.56 Å². The molecule has 0 radical (unpaired) electrons. The van der Waals surface area contributed by atoms with E-state index in [0.29, 0.717) is 25.2 Å². The molecule has 200 valence electrons. The number of tetrazole rings is 1. The molecule has 0 aliphatic carbocycles. The van der Waals surface area contributed by atoms with Gasteiger partial charge in [-0.2, -0.15) is 0 Å². The van der Waals surface area contributed by atoms with Crippen molar-refractivity contribution >= 4 is 10.9 Å². The number of benzene rings is 2. The maximum atomic E-state index is 13.3. The van der Waals surface area contributed by atoms with Crippen molar-refractivity contribution in [1.82, 2.24) is 30.1 Å². The summed E-state index contributed by atoms with van der Waals surface area (Å²) < 4.78 is 13.1. The molecule has 1 saturated heterocycles. The number of rotatable bonds is 10. The molecule has 9 heteroatoms. The van der Waals surface area contributed by atoms with E-state index >= 15 is 0 Å². The number of ether oxygens (including phenoxy) is 2. The molecule has 38 heavy (non-hydrogen) atoms. The molecular weight excluding hydrogens is 480 g/mol. The Morgan fingerprint density at radius 3 is 2.71 bits per heavy atom. The Kier molecular flexibility index (Phi) is 7.85. The average Bonchev–Trinajstić information content (AvgIpc) is 3.59. The van der Waals surface area contributed by atoms with Crippen molar-refractivity contribution in [3.05, 3.63) is 80.9 Å². The van der Waals surface area contributed by atoms with E-state index in [4.69, 9.17) is 9.47 Å². The highest BCUT2D eigenvalue weighted by atomic mass is 16.5. The van der Waals surface area contributed by atoms with Gasteiger partial charge in [0.05, 0.1) is 31.3 Å². The van der Waals surface area contributed by atoms with Gasteiger partial charge in [0, 0.05) is 25.3 Å². The Balaban J connectivity index is 1.51. The number of aromatic amines is 1. The highest BCUT2D eigenvalue weighted by molar-refractivity contribution is 5.82. The van der Waals surface area contributed by atoms with E-state index in [9.17, 15) is 4.79 Å². The Morgan fingerprint density at radius 1 is 1.18 bits per heavy atom. The van der Waals surface area contributed by atoms with Crippen LogP contribution in [0.4, 0.5) is 0 Å². The van der Waals surface area contributed by atoms with E-state index in [1.54, 1.807) is 7.11 Å². The van der Waals surface area contributed by atoms with Crippen molar-refractivity contribution in [2.45, 2.75) is 71.8 Å². The zero-order valence-electron chi connectivity index (χ0n) is 22.6. The van der Waals surface area contributed by atoms with Gasteiger partial charge in [-0.05, 0) is 84.3 Å². The Labute approximate surface area is 222 Å². The first-order chi connectivity index (χ1) is 18.4. The van der Waals surface area contributed by atoms with Gasteiger partial charge in [0.1, 0.15) is 5.75 Å². The molecule has 4 aromatic rings. The third kappa shape index (κ3) is 5.63. The number of methoxy groups -OCH3 is 1. The molecule has 1 fully saturated rings. The number of aromatic nitrogens is 5. The summed E-state index contributed by atoms with van der Waals surface area (Å²) in [7, 11) is 1.66. The fourth-order valence-electron chi connectivity index (χ4n) is 5.48. The standard InChI is InChI=1S/C29H36N6O3/c1-5-26(28-31-32-33-35(28)18-25-7-6-12-38-25)34(16-21-8-10-24(37-4)11-9-21)17-23-15-22-14-19(2)13-20(3)27(22)30-29(23)36/h8-11,13-15,25-26H,5-7,12,16-18H2,1-4H3,(H,30,36)/t25-,26-/m1/s1. The van der Waals surface area contributed by atoms with Crippen LogP contribution >= 0.6 is 0 Å². The molecular formula is C29H36N6O3. The summed E-state index contributed by atoms with van der Waals surface area (Å²) in [6, 6.07) is 14.2. The fraction of sp³-hybridized carbons (Fsp3) is 0.448. The second-order valence-electron chi connectivity index (χ2n) is 10.2. The van der Waals surface area contributed by atoms with Crippen LogP contribution in [0.5, 0.6) is 5.75 Å². The second kappa shape index (κ2) is 11.4. The number of aryl methyl sites for hydroxylation is 2. The van der Waals surface area contributed by atoms with E-state index in [0.717, 1.165) is 59.5 Å². The Hall–Kier alpha value is -3.56. The van der Waals surface area contributed by atoms with Gasteiger partial charge in [0.2, 0.25) is 0 Å². The van der Waals surface area contributed by atoms with Crippen LogP contribution in [-0.4, -0.2) is 49.9 Å². The molecule has 2 aromatic carbocycles. The highest BCUT2D eigenvalue weighted by Gasteiger charge is 2.28. The molecule has 5 rings (SSSR count). The maximum Gasteiger partial charge on any atom is 0.252 e. The average molecular weight is 517 g/mol. The van der Waals surface area contributed by atoms with Gasteiger partial charge in [-0.3, -0.25) is 9.69 Å². The van der Waals surface area contributed by atoms with E-state index in [2.05, 4.69) is 63.5 Å². The molecule has 3 heterocycles. The van der Waals surface area contributed by atoms with Crippen molar-refractivity contribution < 1.29 is 9.47 Å². The molecule has 0 amide bonds. The highest BCUT2D eigenvalue weighted by Crippen LogP contribution is 2.28. The van der Waals surface area contributed by atoms with Gasteiger partial charge < -0.3 is 14.5 Å². The van der Waals surface area contributed by atoms with Crippen molar-refractivity contribution in [1.29, 1.82) is 0 Å². The summed E-state index contributed by atoms with van der Waals surface area (Å²) in [6.45, 7) is 8.73. The molecule has 0 unspecified atom stereocenters. The number of hydrogen-bond acceptors (Lipinski definition) is 7. The van der Waals surface area contributed by atoms with Crippen LogP contribution in [0.15, 0.2) is 47.3 Å². The zero-order valence-corrected chi connectivity index (χ0v) is 22.6. The minimum absolute atomic E-state index is 0.0713. The number of fused-ring (bicyclic) bond motifs is 1. The fourth-order valence-corrected chi connectivity index (χ4v) is 5.48. The predicted molar refractivity (Wildman–Crippen MR) is 146 cm³/mol. The first-order valence-electron chi connectivity index (χ1n) is 13.3. The van der Waals surface area contributed by atoms with Crippen LogP contribution < -0.4 is 10.3 Å². The lowest BCUT2D eigenvalue weighted by Gasteiger charge is -2.30. The number of H-pyrrole nitrogens is 1. The lowest BCUT2D eigenvalue weighted by atomic mass is 10.0. The summed E-state index contributed by atoms with van der Waals surface area (Å²) in [5, 5.41) is 13.8. The molecule has 1 N–H and O–H groups in total. The van der Waals surface area contributed by atoms with E-state index in [1.807, 2.05) is 29.8 Å². The maximum absolute atomic E-state index is 13.3.